The molecule has 0 amide bonds. The van der Waals surface area contributed by atoms with Crippen LogP contribution in [0.5, 0.6) is 5.75 Å². The normalized spacial score (nSPS) is 19.0. The second kappa shape index (κ2) is 5.90. The van der Waals surface area contributed by atoms with Gasteiger partial charge in [0.25, 0.3) is 0 Å². The van der Waals surface area contributed by atoms with Gasteiger partial charge in [0.1, 0.15) is 11.9 Å². The number of ether oxygens (including phenoxy) is 1. The van der Waals surface area contributed by atoms with Crippen LogP contribution in [0.3, 0.4) is 0 Å². The van der Waals surface area contributed by atoms with Crippen LogP contribution in [0.1, 0.15) is 11.1 Å². The molecule has 0 saturated carbocycles. The van der Waals surface area contributed by atoms with Crippen molar-refractivity contribution >= 4 is 11.8 Å². The third-order valence-corrected chi connectivity index (χ3v) is 4.74. The maximum absolute atomic E-state index is 6.34. The number of para-hydroxylation sites is 1. The lowest BCUT2D eigenvalue weighted by molar-refractivity contribution is 0.184. The van der Waals surface area contributed by atoms with Crippen LogP contribution in [0.2, 0.25) is 0 Å². The Labute approximate surface area is 124 Å². The third kappa shape index (κ3) is 3.00. The summed E-state index contributed by atoms with van der Waals surface area (Å²) in [6.07, 6.45) is 0.935. The molecule has 3 rings (SSSR count). The van der Waals surface area contributed by atoms with Gasteiger partial charge in [-0.15, -0.1) is 11.8 Å². The Morgan fingerprint density at radius 1 is 1.20 bits per heavy atom. The zero-order chi connectivity index (χ0) is 13.9. The summed E-state index contributed by atoms with van der Waals surface area (Å²) in [5.74, 6) is 1.89. The highest BCUT2D eigenvalue weighted by Crippen LogP contribution is 2.35. The molecule has 0 saturated heterocycles. The molecule has 0 radical (unpaired) electrons. The van der Waals surface area contributed by atoms with E-state index in [1.807, 2.05) is 30.0 Å². The lowest BCUT2D eigenvalue weighted by Crippen LogP contribution is -2.43. The van der Waals surface area contributed by atoms with Gasteiger partial charge in [0, 0.05) is 16.7 Å². The van der Waals surface area contributed by atoms with Gasteiger partial charge in [0.15, 0.2) is 0 Å². The highest BCUT2D eigenvalue weighted by molar-refractivity contribution is 7.99. The Bertz CT molecular complexity index is 582. The molecule has 1 aliphatic rings. The van der Waals surface area contributed by atoms with Crippen molar-refractivity contribution in [1.29, 1.82) is 0 Å². The van der Waals surface area contributed by atoms with Crippen LogP contribution in [0.25, 0.3) is 0 Å². The molecule has 3 heteroatoms. The summed E-state index contributed by atoms with van der Waals surface area (Å²) >= 11 is 1.83. The fraction of sp³-hybridized carbons (Fsp3) is 0.294. The van der Waals surface area contributed by atoms with Gasteiger partial charge in [-0.05, 0) is 31.0 Å². The molecule has 0 aliphatic carbocycles. The van der Waals surface area contributed by atoms with Crippen molar-refractivity contribution < 1.29 is 4.74 Å². The van der Waals surface area contributed by atoms with Crippen LogP contribution >= 0.6 is 11.8 Å². The van der Waals surface area contributed by atoms with Crippen molar-refractivity contribution in [3.63, 3.8) is 0 Å². The molecule has 2 atom stereocenters. The molecule has 2 N–H and O–H groups in total. The van der Waals surface area contributed by atoms with Crippen molar-refractivity contribution in [3.8, 4) is 5.75 Å². The highest BCUT2D eigenvalue weighted by Gasteiger charge is 2.25. The quantitative estimate of drug-likeness (QED) is 0.938. The highest BCUT2D eigenvalue weighted by atomic mass is 32.2. The SMILES string of the molecule is Cc1ccc(CC(N)C2CSc3ccccc3O2)cc1. The van der Waals surface area contributed by atoms with E-state index in [1.165, 1.54) is 16.0 Å². The summed E-state index contributed by atoms with van der Waals surface area (Å²) in [6.45, 7) is 2.10. The number of benzene rings is 2. The average Bonchev–Trinajstić information content (AvgIpc) is 2.49. The zero-order valence-electron chi connectivity index (χ0n) is 11.6. The summed E-state index contributed by atoms with van der Waals surface area (Å²) in [5, 5.41) is 0. The number of thioether (sulfide) groups is 1. The Kier molecular flexibility index (Phi) is 3.99. The van der Waals surface area contributed by atoms with Gasteiger partial charge in [-0.25, -0.2) is 0 Å². The molecule has 0 aromatic heterocycles. The molecule has 2 nitrogen and oxygen atoms in total. The van der Waals surface area contributed by atoms with Crippen LogP contribution in [0.15, 0.2) is 53.4 Å². The van der Waals surface area contributed by atoms with Gasteiger partial charge in [-0.2, -0.15) is 0 Å². The first-order valence-electron chi connectivity index (χ1n) is 6.92. The van der Waals surface area contributed by atoms with Gasteiger partial charge < -0.3 is 10.5 Å². The van der Waals surface area contributed by atoms with Gasteiger partial charge in [-0.3, -0.25) is 0 Å². The topological polar surface area (TPSA) is 35.2 Å². The Morgan fingerprint density at radius 2 is 1.95 bits per heavy atom. The lowest BCUT2D eigenvalue weighted by atomic mass is 10.0. The predicted molar refractivity (Wildman–Crippen MR) is 84.4 cm³/mol. The first-order valence-corrected chi connectivity index (χ1v) is 7.90. The maximum atomic E-state index is 6.34. The number of nitrogens with two attached hydrogens (primary N) is 1. The van der Waals surface area contributed by atoms with E-state index in [0.717, 1.165) is 17.9 Å². The summed E-state index contributed by atoms with van der Waals surface area (Å²) in [5.41, 5.74) is 8.89. The van der Waals surface area contributed by atoms with Crippen molar-refractivity contribution in [3.05, 3.63) is 59.7 Å². The van der Waals surface area contributed by atoms with E-state index in [-0.39, 0.29) is 12.1 Å². The van der Waals surface area contributed by atoms with Crippen LogP contribution < -0.4 is 10.5 Å². The van der Waals surface area contributed by atoms with Gasteiger partial charge in [-0.1, -0.05) is 42.0 Å². The van der Waals surface area contributed by atoms with E-state index in [2.05, 4.69) is 37.3 Å². The van der Waals surface area contributed by atoms with E-state index in [4.69, 9.17) is 10.5 Å². The smallest absolute Gasteiger partial charge is 0.133 e. The number of fused-ring (bicyclic) bond motifs is 1. The van der Waals surface area contributed by atoms with Crippen molar-refractivity contribution in [2.75, 3.05) is 5.75 Å². The van der Waals surface area contributed by atoms with Gasteiger partial charge in [0.2, 0.25) is 0 Å². The number of rotatable bonds is 3. The molecule has 2 aromatic carbocycles. The minimum atomic E-state index is 0.0264. The van der Waals surface area contributed by atoms with Crippen LogP contribution in [-0.4, -0.2) is 17.9 Å². The molecule has 2 aromatic rings. The molecular weight excluding hydrogens is 266 g/mol. The Hall–Kier alpha value is -1.45. The largest absolute Gasteiger partial charge is 0.487 e. The zero-order valence-corrected chi connectivity index (χ0v) is 12.4. The molecule has 20 heavy (non-hydrogen) atoms. The Balaban J connectivity index is 1.67. The van der Waals surface area contributed by atoms with Gasteiger partial charge >= 0.3 is 0 Å². The third-order valence-electron chi connectivity index (χ3n) is 3.60. The Morgan fingerprint density at radius 3 is 2.75 bits per heavy atom. The van der Waals surface area contributed by atoms with Crippen LogP contribution in [0, 0.1) is 6.92 Å². The lowest BCUT2D eigenvalue weighted by Gasteiger charge is -2.29. The molecular formula is C17H19NOS. The number of hydrogen-bond donors (Lipinski definition) is 1. The minimum absolute atomic E-state index is 0.0264. The molecule has 1 heterocycles. The van der Waals surface area contributed by atoms with Crippen molar-refractivity contribution in [2.45, 2.75) is 30.4 Å². The second-order valence-electron chi connectivity index (χ2n) is 5.27. The summed E-state index contributed by atoms with van der Waals surface area (Å²) in [4.78, 5) is 1.21. The molecule has 0 bridgehead atoms. The number of aryl methyl sites for hydroxylation is 1. The first-order chi connectivity index (χ1) is 9.72. The van der Waals surface area contributed by atoms with Crippen LogP contribution in [0.4, 0.5) is 0 Å². The van der Waals surface area contributed by atoms with Crippen LogP contribution in [-0.2, 0) is 6.42 Å². The van der Waals surface area contributed by atoms with E-state index in [0.29, 0.717) is 0 Å². The standard InChI is InChI=1S/C17H19NOS/c1-12-6-8-13(9-7-12)10-14(18)16-11-20-17-5-3-2-4-15(17)19-16/h2-9,14,16H,10-11,18H2,1H3. The summed E-state index contributed by atoms with van der Waals surface area (Å²) in [7, 11) is 0. The van der Waals surface area contributed by atoms with E-state index < -0.39 is 0 Å². The second-order valence-corrected chi connectivity index (χ2v) is 6.33. The number of hydrogen-bond acceptors (Lipinski definition) is 3. The molecule has 1 aliphatic heterocycles. The monoisotopic (exact) mass is 285 g/mol. The van der Waals surface area contributed by atoms with E-state index in [9.17, 15) is 0 Å². The average molecular weight is 285 g/mol. The summed E-state index contributed by atoms with van der Waals surface area (Å²) in [6, 6.07) is 16.8. The fourth-order valence-electron chi connectivity index (χ4n) is 2.37. The minimum Gasteiger partial charge on any atom is -0.487 e. The molecule has 2 unspecified atom stereocenters. The predicted octanol–water partition coefficient (Wildman–Crippen LogP) is 3.42. The van der Waals surface area contributed by atoms with E-state index >= 15 is 0 Å². The molecule has 104 valence electrons. The molecule has 0 spiro atoms. The maximum Gasteiger partial charge on any atom is 0.133 e. The fourth-order valence-corrected chi connectivity index (χ4v) is 3.47. The van der Waals surface area contributed by atoms with Gasteiger partial charge in [0.05, 0.1) is 0 Å². The van der Waals surface area contributed by atoms with E-state index in [1.54, 1.807) is 0 Å². The van der Waals surface area contributed by atoms with Crippen molar-refractivity contribution in [1.82, 2.24) is 0 Å². The first kappa shape index (κ1) is 13.5. The summed E-state index contributed by atoms with van der Waals surface area (Å²) < 4.78 is 6.04. The van der Waals surface area contributed by atoms with Crippen molar-refractivity contribution in [2.24, 2.45) is 5.73 Å². The molecule has 0 fully saturated rings.